The van der Waals surface area contributed by atoms with Crippen molar-refractivity contribution in [1.29, 1.82) is 0 Å². The molecule has 0 aliphatic carbocycles. The van der Waals surface area contributed by atoms with E-state index in [1.807, 2.05) is 56.3 Å². The molecule has 4 rings (SSSR count). The summed E-state index contributed by atoms with van der Waals surface area (Å²) in [6, 6.07) is 14.9. The lowest BCUT2D eigenvalue weighted by molar-refractivity contribution is -0.113. The zero-order valence-corrected chi connectivity index (χ0v) is 23.3. The summed E-state index contributed by atoms with van der Waals surface area (Å²) in [5.41, 5.74) is 4.86. The van der Waals surface area contributed by atoms with Gasteiger partial charge >= 0.3 is 0 Å². The van der Waals surface area contributed by atoms with Gasteiger partial charge in [-0.3, -0.25) is 9.69 Å². The number of carbonyl (C=O) groups is 1. The quantitative estimate of drug-likeness (QED) is 0.219. The zero-order valence-electron chi connectivity index (χ0n) is 21.0. The number of benzene rings is 3. The number of nitrogens with zero attached hydrogens (tertiary/aromatic N) is 2. The van der Waals surface area contributed by atoms with Crippen LogP contribution >= 0.6 is 35.0 Å². The minimum atomic E-state index is -0.207. The molecule has 5 nitrogen and oxygen atoms in total. The first-order valence-electron chi connectivity index (χ1n) is 11.5. The molecule has 0 aromatic heterocycles. The Kier molecular flexibility index (Phi) is 8.32. The molecular weight excluding hydrogens is 527 g/mol. The van der Waals surface area contributed by atoms with Gasteiger partial charge in [0, 0.05) is 15.6 Å². The summed E-state index contributed by atoms with van der Waals surface area (Å²) in [5.74, 6) is 1.01. The van der Waals surface area contributed by atoms with Crippen molar-refractivity contribution in [3.8, 4) is 11.5 Å². The van der Waals surface area contributed by atoms with Crippen molar-refractivity contribution in [2.75, 3.05) is 19.1 Å². The lowest BCUT2D eigenvalue weighted by atomic mass is 10.0. The van der Waals surface area contributed by atoms with E-state index >= 15 is 0 Å². The third-order valence-corrected chi connectivity index (χ3v) is 7.62. The van der Waals surface area contributed by atoms with Crippen LogP contribution in [0.15, 0.2) is 71.1 Å². The van der Waals surface area contributed by atoms with Crippen molar-refractivity contribution in [3.63, 3.8) is 0 Å². The summed E-state index contributed by atoms with van der Waals surface area (Å²) in [7, 11) is 3.19. The number of rotatable bonds is 7. The summed E-state index contributed by atoms with van der Waals surface area (Å²) < 4.78 is 11.1. The van der Waals surface area contributed by atoms with Gasteiger partial charge in [-0.1, -0.05) is 41.4 Å². The molecule has 0 radical (unpaired) electrons. The number of amides is 1. The van der Waals surface area contributed by atoms with Crippen LogP contribution in [0.1, 0.15) is 22.3 Å². The van der Waals surface area contributed by atoms with E-state index in [9.17, 15) is 4.79 Å². The van der Waals surface area contributed by atoms with Crippen LogP contribution in [0.2, 0.25) is 10.0 Å². The lowest BCUT2D eigenvalue weighted by Crippen LogP contribution is -2.28. The third kappa shape index (κ3) is 5.72. The van der Waals surface area contributed by atoms with E-state index in [2.05, 4.69) is 6.58 Å². The van der Waals surface area contributed by atoms with Crippen molar-refractivity contribution in [2.45, 2.75) is 20.3 Å². The van der Waals surface area contributed by atoms with E-state index in [-0.39, 0.29) is 5.91 Å². The van der Waals surface area contributed by atoms with Crippen molar-refractivity contribution in [2.24, 2.45) is 4.99 Å². The summed E-state index contributed by atoms with van der Waals surface area (Å²) in [6.45, 7) is 7.68. The van der Waals surface area contributed by atoms with Crippen LogP contribution in [0.25, 0.3) is 6.08 Å². The Morgan fingerprint density at radius 2 is 1.70 bits per heavy atom. The average molecular weight is 554 g/mol. The Hall–Kier alpha value is -3.19. The van der Waals surface area contributed by atoms with E-state index in [0.29, 0.717) is 49.4 Å². The molecule has 3 aromatic carbocycles. The number of aliphatic imine (C=N–C) groups is 1. The molecule has 0 atom stereocenters. The molecule has 8 heteroatoms. The van der Waals surface area contributed by atoms with Crippen molar-refractivity contribution >= 4 is 63.5 Å². The van der Waals surface area contributed by atoms with E-state index < -0.39 is 0 Å². The van der Waals surface area contributed by atoms with E-state index in [1.165, 1.54) is 11.8 Å². The SMILES string of the molecule is C=CCc1cc(/C=C2/SC(=Nc3ccc(C)c(Cl)c3)N(c3ccc(C)c(Cl)c3)C2=O)cc(OC)c1OC. The van der Waals surface area contributed by atoms with E-state index in [4.69, 9.17) is 37.7 Å². The molecular formula is C29H26Cl2N2O3S. The molecule has 190 valence electrons. The van der Waals surface area contributed by atoms with Crippen molar-refractivity contribution < 1.29 is 14.3 Å². The topological polar surface area (TPSA) is 51.1 Å². The highest BCUT2D eigenvalue weighted by atomic mass is 35.5. The van der Waals surface area contributed by atoms with Crippen LogP contribution in [0.4, 0.5) is 11.4 Å². The second-order valence-electron chi connectivity index (χ2n) is 8.42. The summed E-state index contributed by atoms with van der Waals surface area (Å²) in [6.07, 6.45) is 4.21. The Bertz CT molecular complexity index is 1450. The Labute approximate surface area is 231 Å². The fraction of sp³-hybridized carbons (Fsp3) is 0.172. The maximum atomic E-state index is 13.7. The monoisotopic (exact) mass is 552 g/mol. The van der Waals surface area contributed by atoms with Gasteiger partial charge in [0.2, 0.25) is 0 Å². The molecule has 0 unspecified atom stereocenters. The molecule has 1 amide bonds. The second-order valence-corrected chi connectivity index (χ2v) is 10.2. The number of amidine groups is 1. The summed E-state index contributed by atoms with van der Waals surface area (Å²) >= 11 is 14.0. The van der Waals surface area contributed by atoms with Crippen LogP contribution in [0.3, 0.4) is 0 Å². The van der Waals surface area contributed by atoms with Crippen LogP contribution < -0.4 is 14.4 Å². The van der Waals surface area contributed by atoms with Gasteiger partial charge in [-0.15, -0.1) is 6.58 Å². The van der Waals surface area contributed by atoms with Crippen LogP contribution in [0.5, 0.6) is 11.5 Å². The van der Waals surface area contributed by atoms with E-state index in [0.717, 1.165) is 22.3 Å². The van der Waals surface area contributed by atoms with E-state index in [1.54, 1.807) is 37.3 Å². The largest absolute Gasteiger partial charge is 0.493 e. The number of halogens is 2. The minimum Gasteiger partial charge on any atom is -0.493 e. The van der Waals surface area contributed by atoms with Gasteiger partial charge in [-0.05, 0) is 91.2 Å². The maximum Gasteiger partial charge on any atom is 0.271 e. The molecule has 0 spiro atoms. The minimum absolute atomic E-state index is 0.207. The number of anilines is 1. The number of hydrogen-bond acceptors (Lipinski definition) is 5. The number of carbonyl (C=O) groups excluding carboxylic acids is 1. The molecule has 37 heavy (non-hydrogen) atoms. The molecule has 1 heterocycles. The summed E-state index contributed by atoms with van der Waals surface area (Å²) in [4.78, 5) is 20.6. The smallest absolute Gasteiger partial charge is 0.271 e. The highest BCUT2D eigenvalue weighted by Crippen LogP contribution is 2.40. The van der Waals surface area contributed by atoms with Gasteiger partial charge in [0.1, 0.15) is 0 Å². The molecule has 0 bridgehead atoms. The Morgan fingerprint density at radius 3 is 2.32 bits per heavy atom. The fourth-order valence-electron chi connectivity index (χ4n) is 3.87. The van der Waals surface area contributed by atoms with Crippen LogP contribution in [-0.4, -0.2) is 25.3 Å². The van der Waals surface area contributed by atoms with Gasteiger partial charge in [0.05, 0.1) is 30.5 Å². The van der Waals surface area contributed by atoms with Crippen molar-refractivity contribution in [3.05, 3.63) is 98.4 Å². The second kappa shape index (κ2) is 11.5. The number of aryl methyl sites for hydroxylation is 2. The van der Waals surface area contributed by atoms with Gasteiger partial charge in [-0.2, -0.15) is 0 Å². The molecule has 1 saturated heterocycles. The normalized spacial score (nSPS) is 15.5. The highest BCUT2D eigenvalue weighted by molar-refractivity contribution is 8.19. The van der Waals surface area contributed by atoms with Gasteiger partial charge in [0.25, 0.3) is 5.91 Å². The molecule has 1 aliphatic heterocycles. The van der Waals surface area contributed by atoms with Gasteiger partial charge in [-0.25, -0.2) is 4.99 Å². The highest BCUT2D eigenvalue weighted by Gasteiger charge is 2.35. The molecule has 0 saturated carbocycles. The molecule has 1 aliphatic rings. The number of methoxy groups -OCH3 is 2. The average Bonchev–Trinajstić information content (AvgIpc) is 3.17. The maximum absolute atomic E-state index is 13.7. The van der Waals surface area contributed by atoms with Crippen LogP contribution in [0, 0.1) is 13.8 Å². The fourth-order valence-corrected chi connectivity index (χ4v) is 5.22. The number of ether oxygens (including phenoxy) is 2. The number of hydrogen-bond donors (Lipinski definition) is 0. The van der Waals surface area contributed by atoms with Crippen LogP contribution in [-0.2, 0) is 11.2 Å². The van der Waals surface area contributed by atoms with Gasteiger partial charge in [0.15, 0.2) is 16.7 Å². The Balaban J connectivity index is 1.83. The third-order valence-electron chi connectivity index (χ3n) is 5.84. The predicted octanol–water partition coefficient (Wildman–Crippen LogP) is 8.16. The molecule has 1 fully saturated rings. The lowest BCUT2D eigenvalue weighted by Gasteiger charge is -2.17. The molecule has 3 aromatic rings. The standard InChI is InChI=1S/C29H26Cl2N2O3S/c1-6-7-20-12-19(13-25(35-4)27(20)36-5)14-26-28(34)33(22-11-9-18(3)24(31)16-22)29(37-26)32-21-10-8-17(2)23(30)15-21/h6,8-16H,1,7H2,2-5H3/b26-14+,32-29?. The molecule has 0 N–H and O–H groups in total. The first-order valence-corrected chi connectivity index (χ1v) is 13.0. The summed E-state index contributed by atoms with van der Waals surface area (Å²) in [5, 5.41) is 1.68. The zero-order chi connectivity index (χ0) is 26.7. The first kappa shape index (κ1) is 26.9. The van der Waals surface area contributed by atoms with Crippen molar-refractivity contribution in [1.82, 2.24) is 0 Å². The Morgan fingerprint density at radius 1 is 1.00 bits per heavy atom. The number of allylic oxidation sites excluding steroid dienone is 1. The first-order chi connectivity index (χ1) is 17.7. The number of thioether (sulfide) groups is 1. The van der Waals surface area contributed by atoms with Gasteiger partial charge < -0.3 is 9.47 Å². The predicted molar refractivity (Wildman–Crippen MR) is 156 cm³/mol.